The van der Waals surface area contributed by atoms with Crippen molar-refractivity contribution in [3.63, 3.8) is 0 Å². The maximum absolute atomic E-state index is 9.94. The third-order valence-corrected chi connectivity index (χ3v) is 1.22. The Hall–Kier alpha value is -0.590. The van der Waals surface area contributed by atoms with E-state index >= 15 is 0 Å². The van der Waals surface area contributed by atoms with Gasteiger partial charge in [0.15, 0.2) is 0 Å². The smallest absolute Gasteiger partial charge is 0.397 e. The van der Waals surface area contributed by atoms with E-state index in [0.29, 0.717) is 13.0 Å². The lowest BCUT2D eigenvalue weighted by molar-refractivity contribution is 0.201. The molecule has 66 valence electrons. The molecule has 0 atom stereocenters. The third-order valence-electron chi connectivity index (χ3n) is 0.757. The lowest BCUT2D eigenvalue weighted by atomic mass is 10.5. The van der Waals surface area contributed by atoms with Crippen molar-refractivity contribution in [3.05, 3.63) is 12.8 Å². The van der Waals surface area contributed by atoms with Gasteiger partial charge in [0.1, 0.15) is 0 Å². The van der Waals surface area contributed by atoms with Crippen molar-refractivity contribution in [3.8, 4) is 0 Å². The summed E-state index contributed by atoms with van der Waals surface area (Å²) in [5.74, 6) is 0. The molecule has 0 saturated heterocycles. The van der Waals surface area contributed by atoms with Gasteiger partial charge in [-0.15, -0.1) is 0 Å². The predicted octanol–water partition coefficient (Wildman–Crippen LogP) is 0.356. The maximum atomic E-state index is 9.94. The highest BCUT2D eigenvalue weighted by atomic mass is 32.3. The molecule has 1 N–H and O–H groups in total. The summed E-state index contributed by atoms with van der Waals surface area (Å²) in [5, 5.41) is 0. The molecule has 0 saturated carbocycles. The number of ether oxygens (including phenoxy) is 1. The van der Waals surface area contributed by atoms with Crippen molar-refractivity contribution in [2.45, 2.75) is 6.42 Å². The minimum Gasteiger partial charge on any atom is -0.502 e. The molecule has 11 heavy (non-hydrogen) atoms. The molecule has 0 spiro atoms. The van der Waals surface area contributed by atoms with Crippen LogP contribution in [0.1, 0.15) is 6.42 Å². The van der Waals surface area contributed by atoms with Crippen molar-refractivity contribution in [1.29, 1.82) is 0 Å². The summed E-state index contributed by atoms with van der Waals surface area (Å²) in [6.07, 6.45) is 1.62. The highest BCUT2D eigenvalue weighted by molar-refractivity contribution is 7.80. The van der Waals surface area contributed by atoms with Crippen molar-refractivity contribution in [1.82, 2.24) is 0 Å². The van der Waals surface area contributed by atoms with E-state index < -0.39 is 10.4 Å². The first-order valence-electron chi connectivity index (χ1n) is 2.90. The Kier molecular flexibility index (Phi) is 4.84. The van der Waals surface area contributed by atoms with Gasteiger partial charge in [-0.05, 0) is 0 Å². The normalized spacial score (nSPS) is 11.0. The number of hydrogen-bond donors (Lipinski definition) is 1. The topological polar surface area (TPSA) is 72.8 Å². The van der Waals surface area contributed by atoms with E-state index in [1.54, 1.807) is 0 Å². The first-order chi connectivity index (χ1) is 5.06. The SMILES string of the molecule is C=COCCCOS(=O)(=O)O. The van der Waals surface area contributed by atoms with Crippen LogP contribution in [-0.2, 0) is 19.3 Å². The predicted molar refractivity (Wildman–Crippen MR) is 38.3 cm³/mol. The van der Waals surface area contributed by atoms with Crippen LogP contribution in [0.5, 0.6) is 0 Å². The molecule has 0 rings (SSSR count). The van der Waals surface area contributed by atoms with Gasteiger partial charge in [0, 0.05) is 6.42 Å². The van der Waals surface area contributed by atoms with Gasteiger partial charge < -0.3 is 4.74 Å². The molecule has 0 bridgehead atoms. The van der Waals surface area contributed by atoms with Crippen LogP contribution in [0.2, 0.25) is 0 Å². The molecule has 0 aliphatic heterocycles. The Morgan fingerprint density at radius 1 is 1.45 bits per heavy atom. The largest absolute Gasteiger partial charge is 0.502 e. The Balaban J connectivity index is 3.22. The highest BCUT2D eigenvalue weighted by Crippen LogP contribution is 1.89. The van der Waals surface area contributed by atoms with Crippen LogP contribution in [0, 0.1) is 0 Å². The zero-order chi connectivity index (χ0) is 8.74. The fraction of sp³-hybridized carbons (Fsp3) is 0.600. The van der Waals surface area contributed by atoms with Gasteiger partial charge in [0.2, 0.25) is 0 Å². The Labute approximate surface area is 65.6 Å². The summed E-state index contributed by atoms with van der Waals surface area (Å²) in [6.45, 7) is 3.50. The Bertz CT molecular complexity index is 195. The van der Waals surface area contributed by atoms with Crippen molar-refractivity contribution in [2.24, 2.45) is 0 Å². The highest BCUT2D eigenvalue weighted by Gasteiger charge is 2.01. The zero-order valence-corrected chi connectivity index (χ0v) is 6.71. The number of hydrogen-bond acceptors (Lipinski definition) is 4. The summed E-state index contributed by atoms with van der Waals surface area (Å²) in [5.41, 5.74) is 0. The van der Waals surface area contributed by atoms with Crippen LogP contribution in [0.3, 0.4) is 0 Å². The standard InChI is InChI=1S/C5H10O5S/c1-2-9-4-3-5-10-11(6,7)8/h2H,1,3-5H2,(H,6,7,8). The first-order valence-corrected chi connectivity index (χ1v) is 4.27. The lowest BCUT2D eigenvalue weighted by Gasteiger charge is -1.99. The summed E-state index contributed by atoms with van der Waals surface area (Å²) in [7, 11) is -4.29. The summed E-state index contributed by atoms with van der Waals surface area (Å²) >= 11 is 0. The fourth-order valence-electron chi connectivity index (χ4n) is 0.390. The molecular weight excluding hydrogens is 172 g/mol. The van der Waals surface area contributed by atoms with Crippen LogP contribution in [-0.4, -0.2) is 26.2 Å². The van der Waals surface area contributed by atoms with E-state index in [4.69, 9.17) is 4.55 Å². The minimum absolute atomic E-state index is 0.0906. The van der Waals surface area contributed by atoms with Gasteiger partial charge in [0.25, 0.3) is 0 Å². The van der Waals surface area contributed by atoms with Crippen LogP contribution >= 0.6 is 0 Å². The molecule has 0 aromatic rings. The van der Waals surface area contributed by atoms with Gasteiger partial charge in [-0.2, -0.15) is 8.42 Å². The molecule has 0 fully saturated rings. The minimum atomic E-state index is -4.29. The molecule has 0 unspecified atom stereocenters. The number of rotatable bonds is 6. The molecule has 0 aliphatic carbocycles. The van der Waals surface area contributed by atoms with E-state index in [-0.39, 0.29) is 6.61 Å². The monoisotopic (exact) mass is 182 g/mol. The van der Waals surface area contributed by atoms with E-state index in [0.717, 1.165) is 0 Å². The second kappa shape index (κ2) is 5.11. The molecule has 0 aliphatic rings. The fourth-order valence-corrected chi connectivity index (χ4v) is 0.718. The van der Waals surface area contributed by atoms with Gasteiger partial charge >= 0.3 is 10.4 Å². The van der Waals surface area contributed by atoms with Gasteiger partial charge in [-0.1, -0.05) is 6.58 Å². The molecule has 0 radical (unpaired) electrons. The average molecular weight is 182 g/mol. The summed E-state index contributed by atoms with van der Waals surface area (Å²) in [4.78, 5) is 0. The summed E-state index contributed by atoms with van der Waals surface area (Å²) in [6, 6.07) is 0. The van der Waals surface area contributed by atoms with Gasteiger partial charge in [-0.25, -0.2) is 4.18 Å². The molecule has 0 amide bonds. The average Bonchev–Trinajstić information content (AvgIpc) is 1.85. The van der Waals surface area contributed by atoms with E-state index in [1.807, 2.05) is 0 Å². The maximum Gasteiger partial charge on any atom is 0.397 e. The van der Waals surface area contributed by atoms with E-state index in [9.17, 15) is 8.42 Å². The van der Waals surface area contributed by atoms with Crippen LogP contribution in [0.4, 0.5) is 0 Å². The molecule has 0 aromatic heterocycles. The quantitative estimate of drug-likeness (QED) is 0.364. The Morgan fingerprint density at radius 3 is 2.55 bits per heavy atom. The van der Waals surface area contributed by atoms with Crippen LogP contribution in [0.25, 0.3) is 0 Å². The first kappa shape index (κ1) is 10.4. The van der Waals surface area contributed by atoms with Crippen LogP contribution in [0.15, 0.2) is 12.8 Å². The van der Waals surface area contributed by atoms with E-state index in [1.165, 1.54) is 6.26 Å². The molecule has 0 aromatic carbocycles. The molecule has 0 heterocycles. The van der Waals surface area contributed by atoms with Crippen molar-refractivity contribution >= 4 is 10.4 Å². The van der Waals surface area contributed by atoms with Gasteiger partial charge in [0.05, 0.1) is 19.5 Å². The molecular formula is C5H10O5S. The van der Waals surface area contributed by atoms with Gasteiger partial charge in [-0.3, -0.25) is 4.55 Å². The second-order valence-corrected chi connectivity index (χ2v) is 2.73. The zero-order valence-electron chi connectivity index (χ0n) is 5.89. The lowest BCUT2D eigenvalue weighted by Crippen LogP contribution is -2.06. The van der Waals surface area contributed by atoms with Crippen molar-refractivity contribution < 1.29 is 21.9 Å². The second-order valence-electron chi connectivity index (χ2n) is 1.64. The summed E-state index contributed by atoms with van der Waals surface area (Å²) < 4.78 is 36.6. The molecule has 5 nitrogen and oxygen atoms in total. The third kappa shape index (κ3) is 9.41. The molecule has 6 heteroatoms. The van der Waals surface area contributed by atoms with E-state index in [2.05, 4.69) is 15.5 Å². The van der Waals surface area contributed by atoms with Crippen molar-refractivity contribution in [2.75, 3.05) is 13.2 Å². The Morgan fingerprint density at radius 2 is 2.09 bits per heavy atom. The van der Waals surface area contributed by atoms with Crippen LogP contribution < -0.4 is 0 Å².